The van der Waals surface area contributed by atoms with Crippen LogP contribution in [0.2, 0.25) is 0 Å². The van der Waals surface area contributed by atoms with Crippen molar-refractivity contribution in [3.63, 3.8) is 0 Å². The summed E-state index contributed by atoms with van der Waals surface area (Å²) in [5, 5.41) is 0. The van der Waals surface area contributed by atoms with Crippen LogP contribution < -0.4 is 0 Å². The highest BCUT2D eigenvalue weighted by Gasteiger charge is 2.02. The molecule has 148 valence electrons. The predicted octanol–water partition coefficient (Wildman–Crippen LogP) is 6.77. The van der Waals surface area contributed by atoms with Crippen molar-refractivity contribution in [1.29, 1.82) is 0 Å². The van der Waals surface area contributed by atoms with E-state index in [1.807, 2.05) is 0 Å². The van der Waals surface area contributed by atoms with E-state index in [0.29, 0.717) is 12.2 Å². The van der Waals surface area contributed by atoms with E-state index in [4.69, 9.17) is 0 Å². The SMILES string of the molecule is CCCCCCCCC(=O)CCCCCCCCCCCC(=O)OC. The Kier molecular flexibility index (Phi) is 18.8. The summed E-state index contributed by atoms with van der Waals surface area (Å²) in [5.74, 6) is 0.382. The van der Waals surface area contributed by atoms with Gasteiger partial charge in [-0.3, -0.25) is 9.59 Å². The monoisotopic (exact) mass is 354 g/mol. The summed E-state index contributed by atoms with van der Waals surface area (Å²) in [6.07, 6.45) is 20.4. The molecule has 3 nitrogen and oxygen atoms in total. The first-order chi connectivity index (χ1) is 12.2. The Labute approximate surface area is 156 Å². The summed E-state index contributed by atoms with van der Waals surface area (Å²) in [7, 11) is 1.45. The summed E-state index contributed by atoms with van der Waals surface area (Å²) in [6, 6.07) is 0. The number of methoxy groups -OCH3 is 1. The van der Waals surface area contributed by atoms with Crippen LogP contribution in [0.4, 0.5) is 0 Å². The molecular formula is C22H42O3. The van der Waals surface area contributed by atoms with Gasteiger partial charge in [0.15, 0.2) is 0 Å². The summed E-state index contributed by atoms with van der Waals surface area (Å²) >= 11 is 0. The topological polar surface area (TPSA) is 43.4 Å². The Bertz CT molecular complexity index is 312. The van der Waals surface area contributed by atoms with Gasteiger partial charge in [0.25, 0.3) is 0 Å². The van der Waals surface area contributed by atoms with Crippen LogP contribution in [-0.4, -0.2) is 18.9 Å². The van der Waals surface area contributed by atoms with Crippen molar-refractivity contribution in [3.05, 3.63) is 0 Å². The van der Waals surface area contributed by atoms with Crippen molar-refractivity contribution in [3.8, 4) is 0 Å². The molecular weight excluding hydrogens is 312 g/mol. The third-order valence-corrected chi connectivity index (χ3v) is 4.87. The molecule has 0 N–H and O–H groups in total. The minimum atomic E-state index is -0.0916. The van der Waals surface area contributed by atoms with Gasteiger partial charge in [0.1, 0.15) is 5.78 Å². The minimum absolute atomic E-state index is 0.0916. The van der Waals surface area contributed by atoms with E-state index >= 15 is 0 Å². The van der Waals surface area contributed by atoms with Crippen LogP contribution in [0.1, 0.15) is 122 Å². The van der Waals surface area contributed by atoms with E-state index in [0.717, 1.165) is 38.5 Å². The number of carbonyl (C=O) groups excluding carboxylic acids is 2. The van der Waals surface area contributed by atoms with Crippen molar-refractivity contribution in [2.24, 2.45) is 0 Å². The molecule has 0 aromatic heterocycles. The lowest BCUT2D eigenvalue weighted by molar-refractivity contribution is -0.140. The zero-order valence-corrected chi connectivity index (χ0v) is 17.0. The molecule has 0 aromatic rings. The Morgan fingerprint density at radius 1 is 0.560 bits per heavy atom. The lowest BCUT2D eigenvalue weighted by Crippen LogP contribution is -1.99. The molecule has 0 saturated carbocycles. The normalized spacial score (nSPS) is 10.8. The number of rotatable bonds is 19. The summed E-state index contributed by atoms with van der Waals surface area (Å²) in [4.78, 5) is 22.8. The number of Topliss-reactive ketones (excluding diaryl/α,β-unsaturated/α-hetero) is 1. The molecule has 0 bridgehead atoms. The Hall–Kier alpha value is -0.860. The van der Waals surface area contributed by atoms with E-state index in [9.17, 15) is 9.59 Å². The average Bonchev–Trinajstić information content (AvgIpc) is 2.62. The highest BCUT2D eigenvalue weighted by atomic mass is 16.5. The number of unbranched alkanes of at least 4 members (excludes halogenated alkanes) is 13. The van der Waals surface area contributed by atoms with Gasteiger partial charge in [-0.2, -0.15) is 0 Å². The van der Waals surface area contributed by atoms with Gasteiger partial charge in [0, 0.05) is 19.3 Å². The predicted molar refractivity (Wildman–Crippen MR) is 106 cm³/mol. The molecule has 3 heteroatoms. The summed E-state index contributed by atoms with van der Waals surface area (Å²) in [6.45, 7) is 2.23. The van der Waals surface area contributed by atoms with Gasteiger partial charge < -0.3 is 4.74 Å². The maximum atomic E-state index is 11.8. The van der Waals surface area contributed by atoms with E-state index < -0.39 is 0 Å². The number of ketones is 1. The van der Waals surface area contributed by atoms with Crippen LogP contribution in [-0.2, 0) is 14.3 Å². The summed E-state index contributed by atoms with van der Waals surface area (Å²) < 4.78 is 4.63. The highest BCUT2D eigenvalue weighted by molar-refractivity contribution is 5.78. The van der Waals surface area contributed by atoms with Gasteiger partial charge in [-0.05, 0) is 19.3 Å². The second-order valence-corrected chi connectivity index (χ2v) is 7.31. The van der Waals surface area contributed by atoms with E-state index in [2.05, 4.69) is 11.7 Å². The van der Waals surface area contributed by atoms with E-state index in [1.54, 1.807) is 0 Å². The highest BCUT2D eigenvalue weighted by Crippen LogP contribution is 2.13. The van der Waals surface area contributed by atoms with Gasteiger partial charge in [0.05, 0.1) is 7.11 Å². The Morgan fingerprint density at radius 3 is 1.32 bits per heavy atom. The Balaban J connectivity index is 3.17. The zero-order valence-electron chi connectivity index (χ0n) is 17.0. The fraction of sp³-hybridized carbons (Fsp3) is 0.909. The second kappa shape index (κ2) is 19.5. The number of ether oxygens (including phenoxy) is 1. The third-order valence-electron chi connectivity index (χ3n) is 4.87. The molecule has 25 heavy (non-hydrogen) atoms. The molecule has 0 saturated heterocycles. The van der Waals surface area contributed by atoms with Crippen LogP contribution in [0.25, 0.3) is 0 Å². The lowest BCUT2D eigenvalue weighted by atomic mass is 10.0. The zero-order chi connectivity index (χ0) is 18.6. The molecule has 0 unspecified atom stereocenters. The smallest absolute Gasteiger partial charge is 0.305 e. The van der Waals surface area contributed by atoms with E-state index in [1.165, 1.54) is 77.7 Å². The van der Waals surface area contributed by atoms with E-state index in [-0.39, 0.29) is 5.97 Å². The largest absolute Gasteiger partial charge is 0.469 e. The van der Waals surface area contributed by atoms with Crippen LogP contribution in [0.3, 0.4) is 0 Å². The standard InChI is InChI=1S/C22H42O3/c1-3-4-5-6-12-15-18-21(23)19-16-13-10-8-7-9-11-14-17-20-22(24)25-2/h3-20H2,1-2H3. The molecule has 0 aliphatic rings. The molecule has 0 radical (unpaired) electrons. The summed E-state index contributed by atoms with van der Waals surface area (Å²) in [5.41, 5.74) is 0. The fourth-order valence-electron chi connectivity index (χ4n) is 3.16. The van der Waals surface area contributed by atoms with Crippen LogP contribution in [0.5, 0.6) is 0 Å². The number of hydrogen-bond acceptors (Lipinski definition) is 3. The van der Waals surface area contributed by atoms with Crippen molar-refractivity contribution in [2.75, 3.05) is 7.11 Å². The molecule has 0 heterocycles. The lowest BCUT2D eigenvalue weighted by Gasteiger charge is -2.03. The van der Waals surface area contributed by atoms with Gasteiger partial charge in [-0.25, -0.2) is 0 Å². The number of carbonyl (C=O) groups is 2. The van der Waals surface area contributed by atoms with Crippen molar-refractivity contribution < 1.29 is 14.3 Å². The Morgan fingerprint density at radius 2 is 0.920 bits per heavy atom. The number of hydrogen-bond donors (Lipinski definition) is 0. The van der Waals surface area contributed by atoms with Gasteiger partial charge in [-0.1, -0.05) is 84.0 Å². The minimum Gasteiger partial charge on any atom is -0.469 e. The molecule has 0 rings (SSSR count). The first-order valence-electron chi connectivity index (χ1n) is 10.8. The molecule has 0 aliphatic carbocycles. The van der Waals surface area contributed by atoms with Gasteiger partial charge >= 0.3 is 5.97 Å². The molecule has 0 spiro atoms. The second-order valence-electron chi connectivity index (χ2n) is 7.31. The molecule has 0 amide bonds. The first-order valence-corrected chi connectivity index (χ1v) is 10.8. The molecule has 0 aliphatic heterocycles. The van der Waals surface area contributed by atoms with Crippen LogP contribution in [0.15, 0.2) is 0 Å². The third kappa shape index (κ3) is 19.3. The van der Waals surface area contributed by atoms with Crippen molar-refractivity contribution in [2.45, 2.75) is 122 Å². The quantitative estimate of drug-likeness (QED) is 0.190. The molecule has 0 fully saturated rings. The van der Waals surface area contributed by atoms with Gasteiger partial charge in [0.2, 0.25) is 0 Å². The molecule has 0 atom stereocenters. The molecule has 0 aromatic carbocycles. The van der Waals surface area contributed by atoms with Crippen LogP contribution >= 0.6 is 0 Å². The fourth-order valence-corrected chi connectivity index (χ4v) is 3.16. The first kappa shape index (κ1) is 24.1. The van der Waals surface area contributed by atoms with Gasteiger partial charge in [-0.15, -0.1) is 0 Å². The number of esters is 1. The maximum absolute atomic E-state index is 11.8. The van der Waals surface area contributed by atoms with Crippen LogP contribution in [0, 0.1) is 0 Å². The average molecular weight is 355 g/mol. The van der Waals surface area contributed by atoms with Crippen molar-refractivity contribution >= 4 is 11.8 Å². The van der Waals surface area contributed by atoms with Crippen molar-refractivity contribution in [1.82, 2.24) is 0 Å². The maximum Gasteiger partial charge on any atom is 0.305 e.